The molecule has 0 saturated heterocycles. The van der Waals surface area contributed by atoms with Gasteiger partial charge in [-0.3, -0.25) is 0 Å². The molecule has 0 spiro atoms. The van der Waals surface area contributed by atoms with Crippen LogP contribution in [0.25, 0.3) is 5.53 Å². The minimum atomic E-state index is -4.63. The fourth-order valence-corrected chi connectivity index (χ4v) is 1.23. The van der Waals surface area contributed by atoms with Crippen molar-refractivity contribution in [2.24, 2.45) is 0 Å². The summed E-state index contributed by atoms with van der Waals surface area (Å²) in [6.07, 6.45) is 0. The van der Waals surface area contributed by atoms with Crippen molar-refractivity contribution >= 4 is 45.5 Å². The van der Waals surface area contributed by atoms with Gasteiger partial charge in [-0.25, -0.2) is 4.55 Å². The molecule has 0 heterocycles. The first-order valence-electron chi connectivity index (χ1n) is 3.56. The molecule has 15 heavy (non-hydrogen) atoms. The van der Waals surface area contributed by atoms with Gasteiger partial charge in [0.05, 0.1) is 7.11 Å². The molecular weight excluding hydrogens is 231 g/mol. The van der Waals surface area contributed by atoms with Crippen LogP contribution in [0.15, 0.2) is 24.3 Å². The third-order valence-corrected chi connectivity index (χ3v) is 2.16. The Bertz CT molecular complexity index is 443. The summed E-state index contributed by atoms with van der Waals surface area (Å²) in [6.45, 7) is 0. The summed E-state index contributed by atoms with van der Waals surface area (Å²) in [5.41, 5.74) is 8.90. The second-order valence-electron chi connectivity index (χ2n) is 2.42. The molecule has 0 unspecified atom stereocenters. The van der Waals surface area contributed by atoms with E-state index in [0.717, 1.165) is 0 Å². The van der Waals surface area contributed by atoms with Gasteiger partial charge in [0.2, 0.25) is 5.69 Å². The van der Waals surface area contributed by atoms with Gasteiger partial charge >= 0.3 is 39.9 Å². The average Bonchev–Trinajstić information content (AvgIpc) is 2.15. The van der Waals surface area contributed by atoms with Crippen LogP contribution in [0.3, 0.4) is 0 Å². The third kappa shape index (κ3) is 3.88. The van der Waals surface area contributed by atoms with Gasteiger partial charge in [0.15, 0.2) is 0 Å². The number of ether oxygens (including phenoxy) is 1. The van der Waals surface area contributed by atoms with Crippen LogP contribution in [0.2, 0.25) is 0 Å². The first-order chi connectivity index (χ1) is 6.45. The van der Waals surface area contributed by atoms with E-state index < -0.39 is 10.3 Å². The zero-order valence-electron chi connectivity index (χ0n) is 7.28. The predicted octanol–water partition coefficient (Wildman–Crippen LogP) is 0.515. The van der Waals surface area contributed by atoms with Gasteiger partial charge in [0.25, 0.3) is 0 Å². The second-order valence-corrected chi connectivity index (χ2v) is 3.66. The number of benzene rings is 1. The summed E-state index contributed by atoms with van der Waals surface area (Å²) in [7, 11) is -3.17. The van der Waals surface area contributed by atoms with Gasteiger partial charge in [-0.2, -0.15) is 0 Å². The topological polar surface area (TPSA) is 88.9 Å². The number of methoxy groups -OCH3 is 1. The van der Waals surface area contributed by atoms with Crippen LogP contribution in [0, 0.1) is 0 Å². The molecule has 0 aliphatic carbocycles. The number of nitrogens with zero attached hydrogens (tertiary/aromatic N) is 2. The standard InChI is InChI=1S/C7H8N2O4S.Na.H/c1-13-7-4-2-6(3-5-7)9(8)14(10,11)12;;/h2-5H,1H3,(H,10,11,12);;. The van der Waals surface area contributed by atoms with Gasteiger partial charge < -0.3 is 10.3 Å². The molecule has 0 fully saturated rings. The van der Waals surface area contributed by atoms with Crippen molar-refractivity contribution in [2.45, 2.75) is 0 Å². The first kappa shape index (κ1) is 14.5. The summed E-state index contributed by atoms with van der Waals surface area (Å²) in [5.74, 6) is 0.512. The second kappa shape index (κ2) is 5.57. The van der Waals surface area contributed by atoms with Crippen LogP contribution < -0.4 is 4.74 Å². The minimum absolute atomic E-state index is 0. The molecule has 6 nitrogen and oxygen atoms in total. The Labute approximate surface area is 110 Å². The molecule has 0 radical (unpaired) electrons. The zero-order valence-corrected chi connectivity index (χ0v) is 8.10. The Morgan fingerprint density at radius 3 is 2.13 bits per heavy atom. The molecule has 78 valence electrons. The Kier molecular flexibility index (Phi) is 5.39. The van der Waals surface area contributed by atoms with E-state index >= 15 is 0 Å². The quantitative estimate of drug-likeness (QED) is 0.361. The molecule has 0 aromatic heterocycles. The van der Waals surface area contributed by atoms with E-state index in [1.165, 1.54) is 31.4 Å². The molecule has 1 N–H and O–H groups in total. The fraction of sp³-hybridized carbons (Fsp3) is 0.143. The fourth-order valence-electron chi connectivity index (χ4n) is 0.843. The van der Waals surface area contributed by atoms with Crippen LogP contribution in [0.4, 0.5) is 5.69 Å². The number of hydrogen-bond acceptors (Lipinski definition) is 3. The normalized spacial score (nSPS) is 10.3. The summed E-state index contributed by atoms with van der Waals surface area (Å²) in [5, 5.41) is 0. The van der Waals surface area contributed by atoms with E-state index in [1.807, 2.05) is 0 Å². The van der Waals surface area contributed by atoms with Crippen molar-refractivity contribution in [3.63, 3.8) is 0 Å². The molecule has 1 rings (SSSR count). The van der Waals surface area contributed by atoms with Crippen molar-refractivity contribution in [2.75, 3.05) is 7.11 Å². The zero-order chi connectivity index (χ0) is 10.8. The number of rotatable bonds is 3. The molecule has 0 amide bonds. The molecule has 0 aliphatic rings. The van der Waals surface area contributed by atoms with Crippen LogP contribution >= 0.6 is 0 Å². The molecule has 0 atom stereocenters. The predicted molar refractivity (Wildman–Crippen MR) is 55.0 cm³/mol. The molecule has 0 aliphatic heterocycles. The van der Waals surface area contributed by atoms with Gasteiger partial charge in [0.1, 0.15) is 5.75 Å². The molecule has 1 aromatic rings. The summed E-state index contributed by atoms with van der Waals surface area (Å²) < 4.78 is 34.0. The van der Waals surface area contributed by atoms with Crippen molar-refractivity contribution in [3.05, 3.63) is 29.8 Å². The van der Waals surface area contributed by atoms with E-state index in [9.17, 15) is 8.42 Å². The van der Waals surface area contributed by atoms with Gasteiger partial charge in [-0.05, 0) is 12.1 Å². The Morgan fingerprint density at radius 2 is 1.80 bits per heavy atom. The van der Waals surface area contributed by atoms with Crippen LogP contribution in [0.5, 0.6) is 5.75 Å². The maximum absolute atomic E-state index is 10.5. The van der Waals surface area contributed by atoms with Crippen LogP contribution in [-0.4, -0.2) is 53.7 Å². The van der Waals surface area contributed by atoms with Crippen molar-refractivity contribution in [1.29, 1.82) is 0 Å². The van der Waals surface area contributed by atoms with E-state index in [1.54, 1.807) is 0 Å². The van der Waals surface area contributed by atoms with E-state index in [2.05, 4.69) is 0 Å². The van der Waals surface area contributed by atoms with Gasteiger partial charge in [0, 0.05) is 12.1 Å². The average molecular weight is 240 g/mol. The maximum atomic E-state index is 10.5. The monoisotopic (exact) mass is 240 g/mol. The van der Waals surface area contributed by atoms with Crippen molar-refractivity contribution < 1.29 is 21.8 Å². The molecule has 1 aromatic carbocycles. The Morgan fingerprint density at radius 1 is 1.33 bits per heavy atom. The molecule has 0 bridgehead atoms. The van der Waals surface area contributed by atoms with Crippen molar-refractivity contribution in [3.8, 4) is 5.75 Å². The van der Waals surface area contributed by atoms with Gasteiger partial charge in [-0.15, -0.1) is 12.5 Å². The van der Waals surface area contributed by atoms with E-state index in [-0.39, 0.29) is 39.3 Å². The summed E-state index contributed by atoms with van der Waals surface area (Å²) >= 11 is 0. The van der Waals surface area contributed by atoms with Crippen molar-refractivity contribution in [1.82, 2.24) is 0 Å². The van der Waals surface area contributed by atoms with E-state index in [4.69, 9.17) is 14.8 Å². The van der Waals surface area contributed by atoms with Gasteiger partial charge in [-0.1, -0.05) is 0 Å². The molecule has 0 saturated carbocycles. The summed E-state index contributed by atoms with van der Waals surface area (Å²) in [4.78, 5) is 0. The van der Waals surface area contributed by atoms with E-state index in [0.29, 0.717) is 5.75 Å². The third-order valence-electron chi connectivity index (χ3n) is 1.51. The SMILES string of the molecule is COc1ccc([N+](=[N-])S(=O)(=O)O)cc1.[NaH]. The Balaban J connectivity index is 0.00000196. The first-order valence-corrected chi connectivity index (χ1v) is 4.95. The van der Waals surface area contributed by atoms with Crippen LogP contribution in [-0.2, 0) is 10.3 Å². The summed E-state index contributed by atoms with van der Waals surface area (Å²) in [6, 6.07) is 5.46. The van der Waals surface area contributed by atoms with Crippen LogP contribution in [0.1, 0.15) is 0 Å². The molecular formula is C7H9N2NaO4S. The number of hydrogen-bond donors (Lipinski definition) is 1. The molecule has 8 heteroatoms. The Hall–Kier alpha value is -0.470.